The van der Waals surface area contributed by atoms with Gasteiger partial charge in [0.15, 0.2) is 0 Å². The van der Waals surface area contributed by atoms with Crippen LogP contribution in [0.25, 0.3) is 11.4 Å². The minimum absolute atomic E-state index is 0.0498. The van der Waals surface area contributed by atoms with Gasteiger partial charge in [-0.25, -0.2) is 4.39 Å². The lowest BCUT2D eigenvalue weighted by Crippen LogP contribution is -1.99. The smallest absolute Gasteiger partial charge is 0.204 e. The molecule has 1 aromatic carbocycles. The van der Waals surface area contributed by atoms with Gasteiger partial charge < -0.3 is 0 Å². The van der Waals surface area contributed by atoms with Gasteiger partial charge in [-0.2, -0.15) is 5.26 Å². The molecule has 0 aliphatic rings. The summed E-state index contributed by atoms with van der Waals surface area (Å²) in [6.45, 7) is 0.0498. The van der Waals surface area contributed by atoms with Crippen LogP contribution in [-0.2, 0) is 6.54 Å². The van der Waals surface area contributed by atoms with E-state index in [1.54, 1.807) is 12.1 Å². The summed E-state index contributed by atoms with van der Waals surface area (Å²) in [6.07, 6.45) is 0. The second-order valence-electron chi connectivity index (χ2n) is 2.81. The molecule has 0 radical (unpaired) electrons. The van der Waals surface area contributed by atoms with Gasteiger partial charge in [0.2, 0.25) is 5.82 Å². The van der Waals surface area contributed by atoms with Crippen molar-refractivity contribution >= 4 is 0 Å². The fourth-order valence-corrected chi connectivity index (χ4v) is 1.09. The lowest BCUT2D eigenvalue weighted by atomic mass is 10.2. The molecule has 0 aliphatic heterocycles. The number of hydrogen-bond donors (Lipinski definition) is 0. The van der Waals surface area contributed by atoms with Crippen LogP contribution >= 0.6 is 0 Å². The zero-order chi connectivity index (χ0) is 10.7. The number of benzene rings is 1. The molecule has 0 amide bonds. The molecule has 0 aliphatic carbocycles. The van der Waals surface area contributed by atoms with E-state index in [0.29, 0.717) is 11.4 Å². The van der Waals surface area contributed by atoms with Crippen LogP contribution in [0.4, 0.5) is 4.39 Å². The molecule has 1 heterocycles. The third kappa shape index (κ3) is 1.96. The number of tetrazole rings is 1. The lowest BCUT2D eigenvalue weighted by Gasteiger charge is -1.92. The van der Waals surface area contributed by atoms with E-state index in [2.05, 4.69) is 15.4 Å². The fraction of sp³-hybridized carbons (Fsp3) is 0.111. The Balaban J connectivity index is 2.30. The predicted molar refractivity (Wildman–Crippen MR) is 48.8 cm³/mol. The van der Waals surface area contributed by atoms with Gasteiger partial charge in [0.25, 0.3) is 0 Å². The van der Waals surface area contributed by atoms with E-state index >= 15 is 0 Å². The van der Waals surface area contributed by atoms with Gasteiger partial charge in [0.05, 0.1) is 6.07 Å². The van der Waals surface area contributed by atoms with Crippen LogP contribution in [0.1, 0.15) is 0 Å². The Bertz CT molecular complexity index is 496. The second kappa shape index (κ2) is 3.84. The van der Waals surface area contributed by atoms with E-state index in [4.69, 9.17) is 5.26 Å². The van der Waals surface area contributed by atoms with Crippen molar-refractivity contribution < 1.29 is 4.39 Å². The van der Waals surface area contributed by atoms with E-state index < -0.39 is 0 Å². The fourth-order valence-electron chi connectivity index (χ4n) is 1.09. The molecule has 2 rings (SSSR count). The van der Waals surface area contributed by atoms with Crippen molar-refractivity contribution in [3.05, 3.63) is 30.1 Å². The van der Waals surface area contributed by atoms with Crippen LogP contribution in [0.5, 0.6) is 0 Å². The molecule has 0 spiro atoms. The Morgan fingerprint density at radius 1 is 1.33 bits per heavy atom. The second-order valence-corrected chi connectivity index (χ2v) is 2.81. The summed E-state index contributed by atoms with van der Waals surface area (Å²) in [7, 11) is 0. The number of hydrogen-bond acceptors (Lipinski definition) is 4. The topological polar surface area (TPSA) is 67.4 Å². The molecule has 74 valence electrons. The van der Waals surface area contributed by atoms with Crippen LogP contribution in [0.2, 0.25) is 0 Å². The summed E-state index contributed by atoms with van der Waals surface area (Å²) < 4.78 is 12.6. The van der Waals surface area contributed by atoms with Gasteiger partial charge in [-0.15, -0.1) is 15.0 Å². The predicted octanol–water partition coefficient (Wildman–Crippen LogP) is 1.00. The summed E-state index contributed by atoms with van der Waals surface area (Å²) in [5.41, 5.74) is 0.667. The van der Waals surface area contributed by atoms with Crippen molar-refractivity contribution in [2.45, 2.75) is 6.54 Å². The van der Waals surface area contributed by atoms with Gasteiger partial charge in [0.1, 0.15) is 12.4 Å². The summed E-state index contributed by atoms with van der Waals surface area (Å²) in [6, 6.07) is 7.65. The normalized spacial score (nSPS) is 9.87. The van der Waals surface area contributed by atoms with E-state index in [1.165, 1.54) is 16.9 Å². The number of nitrogens with zero attached hydrogens (tertiary/aromatic N) is 5. The molecule has 0 fully saturated rings. The van der Waals surface area contributed by atoms with Gasteiger partial charge in [-0.3, -0.25) is 0 Å². The molecule has 0 unspecified atom stereocenters. The number of halogens is 1. The van der Waals surface area contributed by atoms with Crippen molar-refractivity contribution in [2.75, 3.05) is 0 Å². The zero-order valence-corrected chi connectivity index (χ0v) is 7.63. The third-order valence-electron chi connectivity index (χ3n) is 1.77. The first-order chi connectivity index (χ1) is 7.29. The number of rotatable bonds is 2. The van der Waals surface area contributed by atoms with Crippen LogP contribution in [0, 0.1) is 17.1 Å². The molecule has 2 aromatic rings. The first-order valence-corrected chi connectivity index (χ1v) is 4.20. The number of aromatic nitrogens is 4. The Morgan fingerprint density at radius 2 is 2.07 bits per heavy atom. The zero-order valence-electron chi connectivity index (χ0n) is 7.63. The molecule has 0 saturated carbocycles. The minimum atomic E-state index is -0.317. The van der Waals surface area contributed by atoms with Crippen molar-refractivity contribution in [3.63, 3.8) is 0 Å². The summed E-state index contributed by atoms with van der Waals surface area (Å²) in [5, 5.41) is 19.8. The highest BCUT2D eigenvalue weighted by atomic mass is 19.1. The molecular weight excluding hydrogens is 197 g/mol. The third-order valence-corrected chi connectivity index (χ3v) is 1.77. The Morgan fingerprint density at radius 3 is 2.73 bits per heavy atom. The average molecular weight is 203 g/mol. The average Bonchev–Trinajstić information content (AvgIpc) is 2.68. The van der Waals surface area contributed by atoms with Crippen molar-refractivity contribution in [2.24, 2.45) is 0 Å². The molecular formula is C9H6FN5. The molecule has 5 nitrogen and oxygen atoms in total. The number of nitriles is 1. The van der Waals surface area contributed by atoms with E-state index in [1.807, 2.05) is 6.07 Å². The SMILES string of the molecule is N#CCn1nnc(-c2ccc(F)cc2)n1. The lowest BCUT2D eigenvalue weighted by molar-refractivity contribution is 0.589. The van der Waals surface area contributed by atoms with Crippen molar-refractivity contribution in [1.29, 1.82) is 5.26 Å². The van der Waals surface area contributed by atoms with E-state index in [0.717, 1.165) is 0 Å². The van der Waals surface area contributed by atoms with E-state index in [9.17, 15) is 4.39 Å². The van der Waals surface area contributed by atoms with Gasteiger partial charge in [0, 0.05) is 5.56 Å². The molecule has 1 aromatic heterocycles. The molecule has 0 bridgehead atoms. The van der Waals surface area contributed by atoms with Gasteiger partial charge in [-0.05, 0) is 29.5 Å². The summed E-state index contributed by atoms with van der Waals surface area (Å²) >= 11 is 0. The Hall–Kier alpha value is -2.29. The van der Waals surface area contributed by atoms with Crippen molar-refractivity contribution in [1.82, 2.24) is 20.2 Å². The van der Waals surface area contributed by atoms with Crippen LogP contribution in [0.3, 0.4) is 0 Å². The first kappa shape index (κ1) is 9.27. The molecule has 0 saturated heterocycles. The summed E-state index contributed by atoms with van der Waals surface area (Å²) in [5.74, 6) is 0.0633. The largest absolute Gasteiger partial charge is 0.207 e. The van der Waals surface area contributed by atoms with Gasteiger partial charge >= 0.3 is 0 Å². The van der Waals surface area contributed by atoms with E-state index in [-0.39, 0.29) is 12.4 Å². The van der Waals surface area contributed by atoms with Crippen LogP contribution < -0.4 is 0 Å². The van der Waals surface area contributed by atoms with Crippen LogP contribution in [0.15, 0.2) is 24.3 Å². The maximum absolute atomic E-state index is 12.6. The highest BCUT2D eigenvalue weighted by molar-refractivity contribution is 5.53. The standard InChI is InChI=1S/C9H6FN5/c10-8-3-1-7(2-4-8)9-12-14-15(13-9)6-5-11/h1-4H,6H2. The highest BCUT2D eigenvalue weighted by Gasteiger charge is 2.04. The monoisotopic (exact) mass is 203 g/mol. The van der Waals surface area contributed by atoms with Gasteiger partial charge in [-0.1, -0.05) is 0 Å². The summed E-state index contributed by atoms with van der Waals surface area (Å²) in [4.78, 5) is 1.18. The quantitative estimate of drug-likeness (QED) is 0.730. The maximum atomic E-state index is 12.6. The van der Waals surface area contributed by atoms with Crippen molar-refractivity contribution in [3.8, 4) is 17.5 Å². The molecule has 15 heavy (non-hydrogen) atoms. The Labute approximate surface area is 84.8 Å². The first-order valence-electron chi connectivity index (χ1n) is 4.20. The Kier molecular flexibility index (Phi) is 2.37. The minimum Gasteiger partial charge on any atom is -0.207 e. The molecule has 0 N–H and O–H groups in total. The van der Waals surface area contributed by atoms with Crippen LogP contribution in [-0.4, -0.2) is 20.2 Å². The maximum Gasteiger partial charge on any atom is 0.204 e. The highest BCUT2D eigenvalue weighted by Crippen LogP contribution is 2.13. The molecule has 0 atom stereocenters. The molecule has 6 heteroatoms.